The fourth-order valence-electron chi connectivity index (χ4n) is 2.98. The molecule has 6 heteroatoms. The Morgan fingerprint density at radius 3 is 2.73 bits per heavy atom. The number of hydrogen-bond donors (Lipinski definition) is 2. The number of benzene rings is 1. The number of aliphatic hydroxyl groups is 1. The monoisotopic (exact) mass is 306 g/mol. The molecule has 1 aliphatic rings. The highest BCUT2D eigenvalue weighted by Gasteiger charge is 2.41. The molecule has 1 aromatic carbocycles. The highest BCUT2D eigenvalue weighted by molar-refractivity contribution is 5.82. The summed E-state index contributed by atoms with van der Waals surface area (Å²) >= 11 is 0. The summed E-state index contributed by atoms with van der Waals surface area (Å²) in [6, 6.07) is 9.72. The number of carbonyl (C=O) groups excluding carboxylic acids is 2. The molecule has 3 N–H and O–H groups in total. The number of hydrogen-bond acceptors (Lipinski definition) is 4. The van der Waals surface area contributed by atoms with Gasteiger partial charge in [0.15, 0.2) is 0 Å². The van der Waals surface area contributed by atoms with Crippen molar-refractivity contribution in [1.29, 1.82) is 0 Å². The predicted molar refractivity (Wildman–Crippen MR) is 80.8 cm³/mol. The van der Waals surface area contributed by atoms with Crippen LogP contribution in [-0.4, -0.2) is 41.8 Å². The van der Waals surface area contributed by atoms with Crippen molar-refractivity contribution < 1.29 is 19.4 Å². The molecule has 1 aromatic rings. The molecule has 2 rings (SSSR count). The van der Waals surface area contributed by atoms with E-state index in [4.69, 9.17) is 10.5 Å². The molecule has 1 heterocycles. The smallest absolute Gasteiger partial charge is 0.404 e. The lowest BCUT2D eigenvalue weighted by atomic mass is 9.93. The van der Waals surface area contributed by atoms with E-state index < -0.39 is 6.09 Å². The molecule has 3 atom stereocenters. The van der Waals surface area contributed by atoms with Crippen LogP contribution in [-0.2, 0) is 9.53 Å². The molecular weight excluding hydrogens is 284 g/mol. The largest absolute Gasteiger partial charge is 0.450 e. The molecule has 0 spiro atoms. The van der Waals surface area contributed by atoms with Crippen molar-refractivity contribution in [2.24, 2.45) is 17.6 Å². The van der Waals surface area contributed by atoms with Gasteiger partial charge in [0, 0.05) is 25.0 Å². The van der Waals surface area contributed by atoms with E-state index in [9.17, 15) is 14.7 Å². The highest BCUT2D eigenvalue weighted by Crippen LogP contribution is 2.33. The highest BCUT2D eigenvalue weighted by atomic mass is 16.5. The van der Waals surface area contributed by atoms with E-state index >= 15 is 0 Å². The normalized spacial score (nSPS) is 22.6. The number of carbonyl (C=O) groups is 2. The van der Waals surface area contributed by atoms with Crippen LogP contribution in [0, 0.1) is 11.8 Å². The van der Waals surface area contributed by atoms with Crippen LogP contribution in [0.3, 0.4) is 0 Å². The second-order valence-corrected chi connectivity index (χ2v) is 5.58. The molecule has 120 valence electrons. The Morgan fingerprint density at radius 1 is 1.45 bits per heavy atom. The van der Waals surface area contributed by atoms with E-state index in [0.717, 1.165) is 5.56 Å². The van der Waals surface area contributed by atoms with E-state index in [1.807, 2.05) is 37.3 Å². The first-order valence-corrected chi connectivity index (χ1v) is 7.43. The Hall–Kier alpha value is -2.08. The third-order valence-corrected chi connectivity index (χ3v) is 4.26. The standard InChI is InChI=1S/C16H22N2O4/c1-11(12-5-3-2-4-6-12)18-9-13(10-19)14(15(18)20)7-8-22-16(17)21/h2-6,11,13-14,19H,7-10H2,1H3,(H2,17,21)/t11?,13-,14-/m1/s1. The minimum absolute atomic E-state index is 0.0107. The molecule has 0 saturated carbocycles. The third-order valence-electron chi connectivity index (χ3n) is 4.26. The number of likely N-dealkylation sites (tertiary alicyclic amines) is 1. The van der Waals surface area contributed by atoms with Crippen LogP contribution in [0.5, 0.6) is 0 Å². The summed E-state index contributed by atoms with van der Waals surface area (Å²) in [5.74, 6) is -0.492. The van der Waals surface area contributed by atoms with Gasteiger partial charge >= 0.3 is 6.09 Å². The van der Waals surface area contributed by atoms with E-state index in [1.165, 1.54) is 0 Å². The molecule has 1 saturated heterocycles. The fourth-order valence-corrected chi connectivity index (χ4v) is 2.98. The lowest BCUT2D eigenvalue weighted by Crippen LogP contribution is -2.30. The van der Waals surface area contributed by atoms with E-state index in [2.05, 4.69) is 0 Å². The first-order valence-electron chi connectivity index (χ1n) is 7.43. The first kappa shape index (κ1) is 16.3. The minimum Gasteiger partial charge on any atom is -0.450 e. The average molecular weight is 306 g/mol. The Morgan fingerprint density at radius 2 is 2.14 bits per heavy atom. The van der Waals surface area contributed by atoms with Gasteiger partial charge in [0.25, 0.3) is 0 Å². The first-order chi connectivity index (χ1) is 10.5. The van der Waals surface area contributed by atoms with E-state index in [1.54, 1.807) is 4.90 Å². The summed E-state index contributed by atoms with van der Waals surface area (Å²) in [6.07, 6.45) is -0.467. The van der Waals surface area contributed by atoms with Crippen LogP contribution in [0.1, 0.15) is 24.9 Å². The average Bonchev–Trinajstić information content (AvgIpc) is 2.84. The minimum atomic E-state index is -0.847. The Bertz CT molecular complexity index is 520. The number of ether oxygens (including phenoxy) is 1. The summed E-state index contributed by atoms with van der Waals surface area (Å²) in [6.45, 7) is 2.51. The topological polar surface area (TPSA) is 92.9 Å². The number of nitrogens with two attached hydrogens (primary N) is 1. The number of primary amides is 1. The quantitative estimate of drug-likeness (QED) is 0.828. The van der Waals surface area contributed by atoms with Gasteiger partial charge in [-0.25, -0.2) is 4.79 Å². The number of amides is 2. The zero-order chi connectivity index (χ0) is 16.1. The van der Waals surface area contributed by atoms with Crippen LogP contribution in [0.2, 0.25) is 0 Å². The molecule has 0 bridgehead atoms. The summed E-state index contributed by atoms with van der Waals surface area (Å²) in [4.78, 5) is 25.0. The van der Waals surface area contributed by atoms with Crippen LogP contribution in [0.4, 0.5) is 4.79 Å². The van der Waals surface area contributed by atoms with Gasteiger partial charge in [0.05, 0.1) is 12.6 Å². The molecule has 22 heavy (non-hydrogen) atoms. The molecule has 2 amide bonds. The lowest BCUT2D eigenvalue weighted by molar-refractivity contribution is -0.133. The molecule has 1 aliphatic heterocycles. The van der Waals surface area contributed by atoms with E-state index in [0.29, 0.717) is 13.0 Å². The van der Waals surface area contributed by atoms with Crippen molar-refractivity contribution in [3.8, 4) is 0 Å². The van der Waals surface area contributed by atoms with Crippen molar-refractivity contribution in [1.82, 2.24) is 4.90 Å². The van der Waals surface area contributed by atoms with Crippen LogP contribution < -0.4 is 5.73 Å². The molecule has 0 aliphatic carbocycles. The molecular formula is C16H22N2O4. The second-order valence-electron chi connectivity index (χ2n) is 5.58. The van der Waals surface area contributed by atoms with Gasteiger partial charge in [-0.15, -0.1) is 0 Å². The Kier molecular flexibility index (Phi) is 5.38. The van der Waals surface area contributed by atoms with Gasteiger partial charge in [0.2, 0.25) is 5.91 Å². The van der Waals surface area contributed by atoms with Crippen LogP contribution in [0.15, 0.2) is 30.3 Å². The maximum atomic E-state index is 12.6. The van der Waals surface area contributed by atoms with Gasteiger partial charge in [-0.1, -0.05) is 30.3 Å². The molecule has 0 radical (unpaired) electrons. The summed E-state index contributed by atoms with van der Waals surface area (Å²) in [7, 11) is 0. The Balaban J connectivity index is 2.05. The maximum Gasteiger partial charge on any atom is 0.404 e. The summed E-state index contributed by atoms with van der Waals surface area (Å²) in [5, 5.41) is 9.52. The number of aliphatic hydroxyl groups excluding tert-OH is 1. The molecule has 1 fully saturated rings. The van der Waals surface area contributed by atoms with Crippen molar-refractivity contribution in [3.05, 3.63) is 35.9 Å². The zero-order valence-electron chi connectivity index (χ0n) is 12.6. The van der Waals surface area contributed by atoms with Crippen molar-refractivity contribution in [2.75, 3.05) is 19.8 Å². The SMILES string of the molecule is CC(c1ccccc1)N1C[C@H](CO)[C@@H](CCOC(N)=O)C1=O. The third kappa shape index (κ3) is 3.57. The summed E-state index contributed by atoms with van der Waals surface area (Å²) in [5.41, 5.74) is 5.98. The van der Waals surface area contributed by atoms with Gasteiger partial charge in [0.1, 0.15) is 0 Å². The lowest BCUT2D eigenvalue weighted by Gasteiger charge is -2.25. The molecule has 6 nitrogen and oxygen atoms in total. The van der Waals surface area contributed by atoms with Gasteiger partial charge < -0.3 is 20.5 Å². The Labute approximate surface area is 129 Å². The second kappa shape index (κ2) is 7.26. The van der Waals surface area contributed by atoms with Crippen LogP contribution >= 0.6 is 0 Å². The van der Waals surface area contributed by atoms with Gasteiger partial charge in [-0.05, 0) is 18.9 Å². The zero-order valence-corrected chi connectivity index (χ0v) is 12.6. The van der Waals surface area contributed by atoms with Crippen molar-refractivity contribution >= 4 is 12.0 Å². The van der Waals surface area contributed by atoms with Crippen molar-refractivity contribution in [3.63, 3.8) is 0 Å². The van der Waals surface area contributed by atoms with Gasteiger partial charge in [-0.2, -0.15) is 0 Å². The number of nitrogens with zero attached hydrogens (tertiary/aromatic N) is 1. The van der Waals surface area contributed by atoms with Gasteiger partial charge in [-0.3, -0.25) is 4.79 Å². The van der Waals surface area contributed by atoms with Crippen molar-refractivity contribution in [2.45, 2.75) is 19.4 Å². The predicted octanol–water partition coefficient (Wildman–Crippen LogP) is 1.30. The number of rotatable bonds is 6. The molecule has 0 aromatic heterocycles. The summed E-state index contributed by atoms with van der Waals surface area (Å²) < 4.78 is 4.71. The van der Waals surface area contributed by atoms with Crippen LogP contribution in [0.25, 0.3) is 0 Å². The van der Waals surface area contributed by atoms with E-state index in [-0.39, 0.29) is 37.0 Å². The molecule has 1 unspecified atom stereocenters. The maximum absolute atomic E-state index is 12.6. The fraction of sp³-hybridized carbons (Fsp3) is 0.500.